The SMILES string of the molecule is CC1=C(C(=O)Nc2c(C)cc(C)cc2C)C(c2ccco2)C(C#N)=C(SCC(=O)Nc2ccc(C)cc2)N1. The van der Waals surface area contributed by atoms with Gasteiger partial charge in [0.1, 0.15) is 5.76 Å². The number of thioether (sulfide) groups is 1. The molecule has 0 radical (unpaired) electrons. The van der Waals surface area contributed by atoms with Crippen molar-refractivity contribution in [1.29, 1.82) is 5.26 Å². The Labute approximate surface area is 227 Å². The molecule has 8 heteroatoms. The van der Waals surface area contributed by atoms with Crippen molar-refractivity contribution >= 4 is 35.0 Å². The second kappa shape index (κ2) is 11.4. The Kier molecular flexibility index (Phi) is 8.08. The summed E-state index contributed by atoms with van der Waals surface area (Å²) in [6.45, 7) is 9.70. The minimum absolute atomic E-state index is 0.0861. The molecule has 3 aromatic rings. The normalized spacial score (nSPS) is 15.1. The van der Waals surface area contributed by atoms with Crippen LogP contribution in [-0.4, -0.2) is 17.6 Å². The lowest BCUT2D eigenvalue weighted by molar-refractivity contribution is -0.114. The number of hydrogen-bond acceptors (Lipinski definition) is 6. The van der Waals surface area contributed by atoms with E-state index in [9.17, 15) is 14.9 Å². The summed E-state index contributed by atoms with van der Waals surface area (Å²) >= 11 is 1.22. The van der Waals surface area contributed by atoms with Crippen LogP contribution in [0.3, 0.4) is 0 Å². The number of nitrogens with zero attached hydrogens (tertiary/aromatic N) is 1. The van der Waals surface area contributed by atoms with Crippen LogP contribution in [0.5, 0.6) is 0 Å². The van der Waals surface area contributed by atoms with E-state index in [2.05, 4.69) is 22.0 Å². The van der Waals surface area contributed by atoms with Crippen LogP contribution < -0.4 is 16.0 Å². The van der Waals surface area contributed by atoms with Gasteiger partial charge in [-0.15, -0.1) is 0 Å². The molecule has 4 rings (SSSR count). The molecule has 1 atom stereocenters. The molecule has 0 saturated carbocycles. The molecular formula is C30H30N4O3S. The van der Waals surface area contributed by atoms with Crippen molar-refractivity contribution in [2.45, 2.75) is 40.5 Å². The lowest BCUT2D eigenvalue weighted by atomic mass is 9.85. The average Bonchev–Trinajstić information content (AvgIpc) is 3.40. The van der Waals surface area contributed by atoms with E-state index in [1.54, 1.807) is 19.1 Å². The molecule has 1 aliphatic heterocycles. The van der Waals surface area contributed by atoms with Crippen molar-refractivity contribution in [3.05, 3.63) is 105 Å². The summed E-state index contributed by atoms with van der Waals surface area (Å²) in [4.78, 5) is 26.3. The van der Waals surface area contributed by atoms with Crippen molar-refractivity contribution in [2.24, 2.45) is 0 Å². The third-order valence-corrected chi connectivity index (χ3v) is 7.34. The minimum atomic E-state index is -0.718. The molecule has 0 aliphatic carbocycles. The van der Waals surface area contributed by atoms with E-state index in [-0.39, 0.29) is 17.6 Å². The average molecular weight is 527 g/mol. The molecule has 0 saturated heterocycles. The Balaban J connectivity index is 1.60. The third kappa shape index (κ3) is 5.84. The Morgan fingerprint density at radius 1 is 1.00 bits per heavy atom. The van der Waals surface area contributed by atoms with Crippen molar-refractivity contribution < 1.29 is 14.0 Å². The van der Waals surface area contributed by atoms with Gasteiger partial charge in [-0.2, -0.15) is 5.26 Å². The fraction of sp³-hybridized carbons (Fsp3) is 0.233. The number of amides is 2. The van der Waals surface area contributed by atoms with Crippen LogP contribution in [0.15, 0.2) is 81.1 Å². The van der Waals surface area contributed by atoms with Gasteiger partial charge in [0, 0.05) is 17.1 Å². The maximum absolute atomic E-state index is 13.7. The molecule has 2 aromatic carbocycles. The van der Waals surface area contributed by atoms with Gasteiger partial charge in [-0.05, 0) is 70.0 Å². The largest absolute Gasteiger partial charge is 0.468 e. The van der Waals surface area contributed by atoms with Gasteiger partial charge in [-0.25, -0.2) is 0 Å². The number of allylic oxidation sites excluding steroid dienone is 2. The quantitative estimate of drug-likeness (QED) is 0.337. The summed E-state index contributed by atoms with van der Waals surface area (Å²) in [5.74, 6) is -0.670. The fourth-order valence-electron chi connectivity index (χ4n) is 4.60. The van der Waals surface area contributed by atoms with E-state index in [1.165, 1.54) is 18.0 Å². The van der Waals surface area contributed by atoms with E-state index >= 15 is 0 Å². The van der Waals surface area contributed by atoms with Gasteiger partial charge in [-0.3, -0.25) is 9.59 Å². The summed E-state index contributed by atoms with van der Waals surface area (Å²) < 4.78 is 5.69. The van der Waals surface area contributed by atoms with Gasteiger partial charge in [0.2, 0.25) is 5.91 Å². The molecule has 38 heavy (non-hydrogen) atoms. The number of benzene rings is 2. The third-order valence-electron chi connectivity index (χ3n) is 6.32. The van der Waals surface area contributed by atoms with Gasteiger partial charge in [0.25, 0.3) is 5.91 Å². The molecule has 2 heterocycles. The van der Waals surface area contributed by atoms with Crippen LogP contribution in [0.25, 0.3) is 0 Å². The fourth-order valence-corrected chi connectivity index (χ4v) is 5.49. The number of nitrogens with one attached hydrogen (secondary N) is 3. The summed E-state index contributed by atoms with van der Waals surface area (Å²) in [5.41, 5.74) is 6.89. The lowest BCUT2D eigenvalue weighted by Crippen LogP contribution is -2.31. The highest BCUT2D eigenvalue weighted by Crippen LogP contribution is 2.41. The first kappa shape index (κ1) is 26.8. The van der Waals surface area contributed by atoms with Crippen LogP contribution in [0.1, 0.15) is 40.9 Å². The molecule has 3 N–H and O–H groups in total. The Bertz CT molecular complexity index is 1460. The van der Waals surface area contributed by atoms with E-state index < -0.39 is 5.92 Å². The van der Waals surface area contributed by atoms with Crippen molar-refractivity contribution in [3.8, 4) is 6.07 Å². The Morgan fingerprint density at radius 3 is 2.29 bits per heavy atom. The topological polar surface area (TPSA) is 107 Å². The van der Waals surface area contributed by atoms with Gasteiger partial charge >= 0.3 is 0 Å². The minimum Gasteiger partial charge on any atom is -0.468 e. The van der Waals surface area contributed by atoms with Crippen molar-refractivity contribution in [2.75, 3.05) is 16.4 Å². The number of furan rings is 1. The summed E-state index contributed by atoms with van der Waals surface area (Å²) in [7, 11) is 0. The van der Waals surface area contributed by atoms with Crippen LogP contribution in [0, 0.1) is 39.0 Å². The number of rotatable bonds is 7. The molecule has 194 valence electrons. The Morgan fingerprint density at radius 2 is 1.68 bits per heavy atom. The van der Waals surface area contributed by atoms with E-state index in [0.717, 1.165) is 27.9 Å². The standard InChI is InChI=1S/C30H30N4O3S/c1-17-8-10-22(11-9-17)33-25(35)16-38-30-23(15-31)27(24-7-6-12-37-24)26(21(5)32-30)29(36)34-28-19(3)13-18(2)14-20(28)4/h6-14,27,32H,16H2,1-5H3,(H,33,35)(H,34,36). The van der Waals surface area contributed by atoms with E-state index in [4.69, 9.17) is 4.42 Å². The summed E-state index contributed by atoms with van der Waals surface area (Å²) in [6.07, 6.45) is 1.52. The second-order valence-electron chi connectivity index (χ2n) is 9.40. The number of carbonyl (C=O) groups is 2. The second-order valence-corrected chi connectivity index (χ2v) is 10.4. The van der Waals surface area contributed by atoms with Gasteiger partial charge in [0.05, 0.1) is 40.2 Å². The summed E-state index contributed by atoms with van der Waals surface area (Å²) in [6, 6.07) is 17.3. The van der Waals surface area contributed by atoms with Crippen LogP contribution in [-0.2, 0) is 9.59 Å². The molecule has 1 unspecified atom stereocenters. The van der Waals surface area contributed by atoms with Crippen LogP contribution in [0.2, 0.25) is 0 Å². The van der Waals surface area contributed by atoms with Gasteiger partial charge in [-0.1, -0.05) is 47.2 Å². The Hall–Kier alpha value is -4.22. The van der Waals surface area contributed by atoms with E-state index in [0.29, 0.717) is 33.3 Å². The number of dihydropyridines is 1. The molecule has 1 aromatic heterocycles. The predicted molar refractivity (Wildman–Crippen MR) is 151 cm³/mol. The molecule has 2 amide bonds. The maximum Gasteiger partial charge on any atom is 0.254 e. The number of aryl methyl sites for hydroxylation is 4. The zero-order valence-corrected chi connectivity index (χ0v) is 22.9. The van der Waals surface area contributed by atoms with Crippen molar-refractivity contribution in [3.63, 3.8) is 0 Å². The van der Waals surface area contributed by atoms with Crippen LogP contribution in [0.4, 0.5) is 11.4 Å². The molecule has 0 spiro atoms. The molecule has 1 aliphatic rings. The highest BCUT2D eigenvalue weighted by Gasteiger charge is 2.36. The van der Waals surface area contributed by atoms with Crippen LogP contribution >= 0.6 is 11.8 Å². The number of hydrogen-bond donors (Lipinski definition) is 3. The maximum atomic E-state index is 13.7. The first-order valence-corrected chi connectivity index (χ1v) is 13.2. The monoisotopic (exact) mass is 526 g/mol. The first-order valence-electron chi connectivity index (χ1n) is 12.2. The van der Waals surface area contributed by atoms with E-state index in [1.807, 2.05) is 64.1 Å². The number of carbonyl (C=O) groups excluding carboxylic acids is 2. The highest BCUT2D eigenvalue weighted by atomic mass is 32.2. The first-order chi connectivity index (χ1) is 18.2. The molecular weight excluding hydrogens is 496 g/mol. The van der Waals surface area contributed by atoms with Crippen molar-refractivity contribution in [1.82, 2.24) is 5.32 Å². The highest BCUT2D eigenvalue weighted by molar-refractivity contribution is 8.03. The zero-order chi connectivity index (χ0) is 27.4. The zero-order valence-electron chi connectivity index (χ0n) is 22.1. The van der Waals surface area contributed by atoms with Gasteiger partial charge in [0.15, 0.2) is 0 Å². The predicted octanol–water partition coefficient (Wildman–Crippen LogP) is 6.22. The number of nitriles is 1. The molecule has 7 nitrogen and oxygen atoms in total. The lowest BCUT2D eigenvalue weighted by Gasteiger charge is -2.28. The molecule has 0 bridgehead atoms. The smallest absolute Gasteiger partial charge is 0.254 e. The van der Waals surface area contributed by atoms with Gasteiger partial charge < -0.3 is 20.4 Å². The molecule has 0 fully saturated rings. The number of anilines is 2. The summed E-state index contributed by atoms with van der Waals surface area (Å²) in [5, 5.41) is 19.9.